The molecule has 0 aromatic heterocycles. The first-order valence-corrected chi connectivity index (χ1v) is 8.46. The quantitative estimate of drug-likeness (QED) is 0.645. The van der Waals surface area contributed by atoms with E-state index in [9.17, 15) is 0 Å². The topological polar surface area (TPSA) is 54.1 Å². The third-order valence-electron chi connectivity index (χ3n) is 4.11. The van der Waals surface area contributed by atoms with Crippen LogP contribution >= 0.6 is 0 Å². The number of benzene rings is 1. The summed E-state index contributed by atoms with van der Waals surface area (Å²) in [5, 5.41) is 0. The van der Waals surface area contributed by atoms with E-state index in [1.165, 1.54) is 12.8 Å². The van der Waals surface area contributed by atoms with E-state index in [2.05, 4.69) is 27.8 Å². The second-order valence-electron chi connectivity index (χ2n) is 6.67. The van der Waals surface area contributed by atoms with Gasteiger partial charge in [0.15, 0.2) is 5.96 Å². The Morgan fingerprint density at radius 2 is 2.26 bits per heavy atom. The minimum absolute atomic E-state index is 0.599. The molecular weight excluding hydrogens is 288 g/mol. The van der Waals surface area contributed by atoms with Gasteiger partial charge in [0.2, 0.25) is 0 Å². The number of guanidine groups is 1. The maximum atomic E-state index is 6.15. The van der Waals surface area contributed by atoms with Crippen LogP contribution in [0.15, 0.2) is 29.3 Å². The van der Waals surface area contributed by atoms with Gasteiger partial charge in [0, 0.05) is 19.6 Å². The molecule has 1 aliphatic rings. The average Bonchev–Trinajstić information content (AvgIpc) is 2.52. The van der Waals surface area contributed by atoms with Crippen molar-refractivity contribution in [2.45, 2.75) is 26.3 Å². The van der Waals surface area contributed by atoms with Crippen LogP contribution in [0.2, 0.25) is 0 Å². The average molecular weight is 318 g/mol. The van der Waals surface area contributed by atoms with Crippen molar-refractivity contribution < 1.29 is 4.74 Å². The van der Waals surface area contributed by atoms with Gasteiger partial charge in [-0.15, -0.1) is 0 Å². The van der Waals surface area contributed by atoms with E-state index in [-0.39, 0.29) is 0 Å². The van der Waals surface area contributed by atoms with E-state index >= 15 is 0 Å². The molecule has 2 rings (SSSR count). The van der Waals surface area contributed by atoms with Crippen LogP contribution in [0.3, 0.4) is 0 Å². The number of likely N-dealkylation sites (N-methyl/N-ethyl adjacent to an activating group) is 1. The second kappa shape index (κ2) is 8.77. The lowest BCUT2D eigenvalue weighted by molar-refractivity contribution is 0.261. The molecule has 5 nitrogen and oxygen atoms in total. The van der Waals surface area contributed by atoms with E-state index in [0.29, 0.717) is 25.0 Å². The number of likely N-dealkylation sites (tertiary alicyclic amines) is 1. The van der Waals surface area contributed by atoms with Crippen LogP contribution in [0.4, 0.5) is 0 Å². The molecule has 1 aliphatic heterocycles. The monoisotopic (exact) mass is 318 g/mol. The fourth-order valence-corrected chi connectivity index (χ4v) is 2.75. The van der Waals surface area contributed by atoms with Crippen molar-refractivity contribution in [3.05, 3.63) is 29.8 Å². The van der Waals surface area contributed by atoms with E-state index in [1.807, 2.05) is 32.3 Å². The molecule has 0 saturated carbocycles. The number of piperidine rings is 1. The summed E-state index contributed by atoms with van der Waals surface area (Å²) in [6.07, 6.45) is 2.49. The SMILES string of the molecule is CC1CCCN(C(N)=NCc2cccc(OCCN(C)C)c2)C1. The highest BCUT2D eigenvalue weighted by molar-refractivity contribution is 5.78. The number of hydrogen-bond acceptors (Lipinski definition) is 3. The minimum atomic E-state index is 0.599. The number of ether oxygens (including phenoxy) is 1. The van der Waals surface area contributed by atoms with Crippen LogP contribution < -0.4 is 10.5 Å². The van der Waals surface area contributed by atoms with Gasteiger partial charge >= 0.3 is 0 Å². The number of nitrogens with zero attached hydrogens (tertiary/aromatic N) is 3. The molecule has 1 saturated heterocycles. The van der Waals surface area contributed by atoms with Gasteiger partial charge in [-0.05, 0) is 50.6 Å². The summed E-state index contributed by atoms with van der Waals surface area (Å²) in [5.41, 5.74) is 7.27. The van der Waals surface area contributed by atoms with E-state index in [1.54, 1.807) is 0 Å². The summed E-state index contributed by atoms with van der Waals surface area (Å²) >= 11 is 0. The summed E-state index contributed by atoms with van der Waals surface area (Å²) in [6.45, 7) is 6.50. The van der Waals surface area contributed by atoms with Crippen molar-refractivity contribution in [2.24, 2.45) is 16.6 Å². The molecule has 23 heavy (non-hydrogen) atoms. The number of aliphatic imine (C=N–C) groups is 1. The summed E-state index contributed by atoms with van der Waals surface area (Å²) in [6, 6.07) is 8.10. The first-order chi connectivity index (χ1) is 11.0. The van der Waals surface area contributed by atoms with Crippen molar-refractivity contribution >= 4 is 5.96 Å². The van der Waals surface area contributed by atoms with Crippen molar-refractivity contribution in [1.29, 1.82) is 0 Å². The van der Waals surface area contributed by atoms with Gasteiger partial charge in [-0.25, -0.2) is 4.99 Å². The van der Waals surface area contributed by atoms with E-state index < -0.39 is 0 Å². The molecule has 0 amide bonds. The molecule has 0 bridgehead atoms. The van der Waals surface area contributed by atoms with Gasteiger partial charge in [-0.2, -0.15) is 0 Å². The highest BCUT2D eigenvalue weighted by Crippen LogP contribution is 2.16. The minimum Gasteiger partial charge on any atom is -0.492 e. The van der Waals surface area contributed by atoms with Crippen LogP contribution in [0.1, 0.15) is 25.3 Å². The second-order valence-corrected chi connectivity index (χ2v) is 6.67. The molecule has 5 heteroatoms. The summed E-state index contributed by atoms with van der Waals surface area (Å²) in [4.78, 5) is 8.86. The summed E-state index contributed by atoms with van der Waals surface area (Å²) < 4.78 is 5.76. The first-order valence-electron chi connectivity index (χ1n) is 8.46. The van der Waals surface area contributed by atoms with E-state index in [0.717, 1.165) is 30.9 Å². The van der Waals surface area contributed by atoms with Crippen molar-refractivity contribution in [3.63, 3.8) is 0 Å². The van der Waals surface area contributed by atoms with Crippen molar-refractivity contribution in [3.8, 4) is 5.75 Å². The zero-order valence-electron chi connectivity index (χ0n) is 14.7. The number of rotatable bonds is 6. The Bertz CT molecular complexity index is 515. The number of nitrogens with two attached hydrogens (primary N) is 1. The van der Waals surface area contributed by atoms with Crippen LogP contribution in [0.25, 0.3) is 0 Å². The van der Waals surface area contributed by atoms with Crippen LogP contribution in [-0.4, -0.2) is 56.1 Å². The zero-order valence-corrected chi connectivity index (χ0v) is 14.7. The predicted octanol–water partition coefficient (Wildman–Crippen LogP) is 2.17. The van der Waals surface area contributed by atoms with Crippen LogP contribution in [0, 0.1) is 5.92 Å². The molecule has 1 aromatic carbocycles. The molecule has 128 valence electrons. The van der Waals surface area contributed by atoms with Gasteiger partial charge in [-0.3, -0.25) is 0 Å². The molecule has 0 radical (unpaired) electrons. The normalized spacial score (nSPS) is 19.2. The lowest BCUT2D eigenvalue weighted by Gasteiger charge is -2.31. The first kappa shape index (κ1) is 17.6. The standard InChI is InChI=1S/C18H30N4O/c1-15-6-5-9-22(14-15)18(19)20-13-16-7-4-8-17(12-16)23-11-10-21(2)3/h4,7-8,12,15H,5-6,9-11,13-14H2,1-3H3,(H2,19,20). The van der Waals surface area contributed by atoms with Gasteiger partial charge < -0.3 is 20.3 Å². The Morgan fingerprint density at radius 3 is 3.00 bits per heavy atom. The van der Waals surface area contributed by atoms with Crippen molar-refractivity contribution in [1.82, 2.24) is 9.80 Å². The largest absolute Gasteiger partial charge is 0.492 e. The van der Waals surface area contributed by atoms with Gasteiger partial charge in [-0.1, -0.05) is 19.1 Å². The molecule has 1 unspecified atom stereocenters. The Balaban J connectivity index is 1.88. The molecule has 1 atom stereocenters. The molecule has 2 N–H and O–H groups in total. The Hall–Kier alpha value is -1.75. The maximum absolute atomic E-state index is 6.15. The molecule has 1 aromatic rings. The van der Waals surface area contributed by atoms with Crippen molar-refractivity contribution in [2.75, 3.05) is 40.3 Å². The Labute approximate surface area is 140 Å². The summed E-state index contributed by atoms with van der Waals surface area (Å²) in [5.74, 6) is 2.26. The third-order valence-corrected chi connectivity index (χ3v) is 4.11. The Morgan fingerprint density at radius 1 is 1.43 bits per heavy atom. The highest BCUT2D eigenvalue weighted by Gasteiger charge is 2.17. The lowest BCUT2D eigenvalue weighted by atomic mass is 10.0. The molecular formula is C18H30N4O. The smallest absolute Gasteiger partial charge is 0.191 e. The van der Waals surface area contributed by atoms with Gasteiger partial charge in [0.1, 0.15) is 12.4 Å². The fraction of sp³-hybridized carbons (Fsp3) is 0.611. The highest BCUT2D eigenvalue weighted by atomic mass is 16.5. The summed E-state index contributed by atoms with van der Waals surface area (Å²) in [7, 11) is 4.08. The zero-order chi connectivity index (χ0) is 16.7. The van der Waals surface area contributed by atoms with E-state index in [4.69, 9.17) is 10.5 Å². The molecule has 0 aliphatic carbocycles. The number of hydrogen-bond donors (Lipinski definition) is 1. The molecule has 1 heterocycles. The molecule has 0 spiro atoms. The van der Waals surface area contributed by atoms with Crippen LogP contribution in [0.5, 0.6) is 5.75 Å². The fourth-order valence-electron chi connectivity index (χ4n) is 2.75. The predicted molar refractivity (Wildman–Crippen MR) is 95.8 cm³/mol. The van der Waals surface area contributed by atoms with Gasteiger partial charge in [0.25, 0.3) is 0 Å². The maximum Gasteiger partial charge on any atom is 0.191 e. The van der Waals surface area contributed by atoms with Crippen LogP contribution in [-0.2, 0) is 6.54 Å². The Kier molecular flexibility index (Phi) is 6.71. The molecule has 1 fully saturated rings. The van der Waals surface area contributed by atoms with Gasteiger partial charge in [0.05, 0.1) is 6.54 Å². The third kappa shape index (κ3) is 6.10. The lowest BCUT2D eigenvalue weighted by Crippen LogP contribution is -2.43.